The topological polar surface area (TPSA) is 94.3 Å². The van der Waals surface area contributed by atoms with Crippen molar-refractivity contribution in [2.75, 3.05) is 18.2 Å². The van der Waals surface area contributed by atoms with Gasteiger partial charge in [0, 0.05) is 16.0 Å². The Labute approximate surface area is 223 Å². The second kappa shape index (κ2) is 9.91. The number of fused-ring (bicyclic) bond motifs is 3. The summed E-state index contributed by atoms with van der Waals surface area (Å²) in [5.41, 5.74) is 12.1. The average molecular weight is 532 g/mol. The summed E-state index contributed by atoms with van der Waals surface area (Å²) in [6.45, 7) is 0. The van der Waals surface area contributed by atoms with Gasteiger partial charge < -0.3 is 15.8 Å². The van der Waals surface area contributed by atoms with Crippen molar-refractivity contribution in [3.05, 3.63) is 74.1 Å². The van der Waals surface area contributed by atoms with E-state index in [4.69, 9.17) is 15.5 Å². The molecule has 0 spiro atoms. The number of nitrogen functional groups attached to an aromatic ring is 1. The zero-order chi connectivity index (χ0) is 25.5. The molecule has 4 aromatic rings. The van der Waals surface area contributed by atoms with Gasteiger partial charge in [0.05, 0.1) is 18.4 Å². The smallest absolute Gasteiger partial charge is 0.341 e. The third kappa shape index (κ3) is 4.42. The summed E-state index contributed by atoms with van der Waals surface area (Å²) < 4.78 is 5.12. The van der Waals surface area contributed by atoms with E-state index in [1.54, 1.807) is 0 Å². The first-order valence-electron chi connectivity index (χ1n) is 12.8. The minimum atomic E-state index is -0.416. The van der Waals surface area contributed by atoms with Crippen LogP contribution in [0, 0.1) is 0 Å². The average Bonchev–Trinajstić information content (AvgIpc) is 3.33. The lowest BCUT2D eigenvalue weighted by atomic mass is 9.83. The van der Waals surface area contributed by atoms with Gasteiger partial charge in [0.2, 0.25) is 0 Å². The molecule has 3 N–H and O–H groups in total. The van der Waals surface area contributed by atoms with E-state index < -0.39 is 5.97 Å². The first-order valence-corrected chi connectivity index (χ1v) is 14.5. The summed E-state index contributed by atoms with van der Waals surface area (Å²) >= 11 is 2.80. The molecule has 3 heterocycles. The number of aromatic nitrogens is 1. The van der Waals surface area contributed by atoms with Gasteiger partial charge in [-0.05, 0) is 73.6 Å². The third-order valence-corrected chi connectivity index (χ3v) is 9.89. The maximum atomic E-state index is 13.5. The maximum Gasteiger partial charge on any atom is 0.341 e. The van der Waals surface area contributed by atoms with Crippen LogP contribution >= 0.6 is 22.7 Å². The van der Waals surface area contributed by atoms with Crippen LogP contribution in [-0.4, -0.2) is 24.0 Å². The molecule has 2 aliphatic rings. The van der Waals surface area contributed by atoms with E-state index in [1.807, 2.05) is 6.07 Å². The third-order valence-electron chi connectivity index (χ3n) is 7.61. The van der Waals surface area contributed by atoms with Crippen molar-refractivity contribution in [2.24, 2.45) is 0 Å². The number of nitrogens with zero attached hydrogens (tertiary/aromatic N) is 1. The molecule has 0 bridgehead atoms. The van der Waals surface area contributed by atoms with Crippen LogP contribution in [0.3, 0.4) is 0 Å². The van der Waals surface area contributed by atoms with Crippen molar-refractivity contribution in [3.63, 3.8) is 0 Å². The fraction of sp³-hybridized carbons (Fsp3) is 0.345. The van der Waals surface area contributed by atoms with Gasteiger partial charge in [0.1, 0.15) is 14.7 Å². The van der Waals surface area contributed by atoms with Gasteiger partial charge in [-0.25, -0.2) is 9.78 Å². The number of hydrogen-bond donors (Lipinski definition) is 2. The first-order chi connectivity index (χ1) is 18.0. The highest BCUT2D eigenvalue weighted by Crippen LogP contribution is 2.43. The molecule has 2 aliphatic carbocycles. The van der Waals surface area contributed by atoms with Gasteiger partial charge in [-0.15, -0.1) is 22.7 Å². The Kier molecular flexibility index (Phi) is 6.46. The minimum Gasteiger partial charge on any atom is -0.465 e. The fourth-order valence-electron chi connectivity index (χ4n) is 5.67. The number of methoxy groups -OCH3 is 1. The van der Waals surface area contributed by atoms with Crippen LogP contribution in [0.25, 0.3) is 10.2 Å². The molecule has 6 nitrogen and oxygen atoms in total. The molecule has 0 radical (unpaired) electrons. The molecule has 190 valence electrons. The lowest BCUT2D eigenvalue weighted by molar-refractivity contribution is 0.0601. The predicted octanol–water partition coefficient (Wildman–Crippen LogP) is 6.52. The standard InChI is InChI=1S/C29H29N3O3S2/c1-35-29(34)23-19-13-12-17(16-8-4-2-5-9-16)15-22(19)36-28(23)32-26(33)25-24(30)20-14-18-10-6-3-7-11-21(18)31-27(20)37-25/h2,4-5,8-9,14,17H,3,6-7,10-13,15,30H2,1H3,(H,32,33). The van der Waals surface area contributed by atoms with Crippen molar-refractivity contribution in [1.29, 1.82) is 0 Å². The number of thiophene rings is 2. The van der Waals surface area contributed by atoms with E-state index in [1.165, 1.54) is 47.3 Å². The number of nitrogens with two attached hydrogens (primary N) is 1. The second-order valence-electron chi connectivity index (χ2n) is 9.86. The van der Waals surface area contributed by atoms with Gasteiger partial charge in [-0.3, -0.25) is 4.79 Å². The molecular weight excluding hydrogens is 502 g/mol. The molecule has 6 rings (SSSR count). The van der Waals surface area contributed by atoms with Gasteiger partial charge in [-0.2, -0.15) is 0 Å². The number of carbonyl (C=O) groups excluding carboxylic acids is 2. The normalized spacial score (nSPS) is 17.1. The van der Waals surface area contributed by atoms with Crippen LogP contribution in [0.2, 0.25) is 0 Å². The summed E-state index contributed by atoms with van der Waals surface area (Å²) in [6.07, 6.45) is 8.04. The maximum absolute atomic E-state index is 13.5. The van der Waals surface area contributed by atoms with Crippen molar-refractivity contribution < 1.29 is 14.3 Å². The number of anilines is 2. The Morgan fingerprint density at radius 1 is 1.08 bits per heavy atom. The number of pyridine rings is 1. The Morgan fingerprint density at radius 3 is 2.70 bits per heavy atom. The van der Waals surface area contributed by atoms with Crippen molar-refractivity contribution >= 4 is 55.5 Å². The number of rotatable bonds is 4. The highest BCUT2D eigenvalue weighted by atomic mass is 32.1. The molecule has 3 aromatic heterocycles. The minimum absolute atomic E-state index is 0.306. The van der Waals surface area contributed by atoms with Crippen molar-refractivity contribution in [2.45, 2.75) is 57.3 Å². The van der Waals surface area contributed by atoms with Crippen LogP contribution < -0.4 is 11.1 Å². The Morgan fingerprint density at radius 2 is 1.89 bits per heavy atom. The Hall–Kier alpha value is -3.23. The van der Waals surface area contributed by atoms with E-state index in [0.717, 1.165) is 71.3 Å². The van der Waals surface area contributed by atoms with Gasteiger partial charge in [0.15, 0.2) is 0 Å². The lowest BCUT2D eigenvalue weighted by Gasteiger charge is -2.22. The molecule has 1 amide bonds. The van der Waals surface area contributed by atoms with Crippen LogP contribution in [0.15, 0.2) is 36.4 Å². The molecule has 1 atom stereocenters. The molecule has 1 unspecified atom stereocenters. The van der Waals surface area contributed by atoms with Gasteiger partial charge in [0.25, 0.3) is 5.91 Å². The van der Waals surface area contributed by atoms with E-state index in [-0.39, 0.29) is 5.91 Å². The summed E-state index contributed by atoms with van der Waals surface area (Å²) in [6, 6.07) is 12.6. The number of benzene rings is 1. The molecule has 37 heavy (non-hydrogen) atoms. The SMILES string of the molecule is COC(=O)c1c(NC(=O)c2sc3nc4c(cc3c2N)CCCCC4)sc2c1CCC(c1ccccc1)C2. The molecule has 8 heteroatoms. The first kappa shape index (κ1) is 24.1. The summed E-state index contributed by atoms with van der Waals surface area (Å²) in [7, 11) is 1.38. The number of ether oxygens (including phenoxy) is 1. The Balaban J connectivity index is 1.32. The van der Waals surface area contributed by atoms with Crippen molar-refractivity contribution in [1.82, 2.24) is 4.98 Å². The molecule has 0 aliphatic heterocycles. The highest BCUT2D eigenvalue weighted by molar-refractivity contribution is 7.21. The molecular formula is C29H29N3O3S2. The zero-order valence-corrected chi connectivity index (χ0v) is 22.4. The second-order valence-corrected chi connectivity index (χ2v) is 12.0. The summed E-state index contributed by atoms with van der Waals surface area (Å²) in [4.78, 5) is 33.6. The monoisotopic (exact) mass is 531 g/mol. The Bertz CT molecular complexity index is 1510. The quantitative estimate of drug-likeness (QED) is 0.231. The van der Waals surface area contributed by atoms with Crippen LogP contribution in [-0.2, 0) is 30.4 Å². The van der Waals surface area contributed by atoms with E-state index >= 15 is 0 Å². The van der Waals surface area contributed by atoms with E-state index in [2.05, 4.69) is 35.6 Å². The number of esters is 1. The molecule has 0 saturated carbocycles. The fourth-order valence-corrected chi connectivity index (χ4v) is 7.97. The molecule has 0 fully saturated rings. The van der Waals surface area contributed by atoms with Crippen LogP contribution in [0.4, 0.5) is 10.7 Å². The highest BCUT2D eigenvalue weighted by Gasteiger charge is 2.31. The van der Waals surface area contributed by atoms with E-state index in [0.29, 0.717) is 27.0 Å². The zero-order valence-electron chi connectivity index (χ0n) is 20.8. The molecule has 0 saturated heterocycles. The lowest BCUT2D eigenvalue weighted by Crippen LogP contribution is -2.16. The predicted molar refractivity (Wildman–Crippen MR) is 150 cm³/mol. The van der Waals surface area contributed by atoms with Gasteiger partial charge in [-0.1, -0.05) is 36.8 Å². The van der Waals surface area contributed by atoms with Gasteiger partial charge >= 0.3 is 5.97 Å². The van der Waals surface area contributed by atoms with Crippen LogP contribution in [0.5, 0.6) is 0 Å². The number of amides is 1. The number of aryl methyl sites for hydroxylation is 2. The van der Waals surface area contributed by atoms with Crippen LogP contribution in [0.1, 0.15) is 78.9 Å². The number of hydrogen-bond acceptors (Lipinski definition) is 7. The molecule has 1 aromatic carbocycles. The van der Waals surface area contributed by atoms with E-state index in [9.17, 15) is 9.59 Å². The van der Waals surface area contributed by atoms with Crippen molar-refractivity contribution in [3.8, 4) is 0 Å². The number of carbonyl (C=O) groups is 2. The largest absolute Gasteiger partial charge is 0.465 e. The summed E-state index contributed by atoms with van der Waals surface area (Å²) in [5.74, 6) is -0.333. The number of nitrogens with one attached hydrogen (secondary N) is 1. The summed E-state index contributed by atoms with van der Waals surface area (Å²) in [5, 5.41) is 4.40.